The maximum atomic E-state index is 11.0. The first-order valence-corrected chi connectivity index (χ1v) is 7.40. The van der Waals surface area contributed by atoms with Gasteiger partial charge in [0, 0.05) is 11.9 Å². The van der Waals surface area contributed by atoms with Crippen LogP contribution in [0.25, 0.3) is 10.9 Å². The summed E-state index contributed by atoms with van der Waals surface area (Å²) in [7, 11) is 0. The molecule has 0 unspecified atom stereocenters. The van der Waals surface area contributed by atoms with Crippen LogP contribution in [0.15, 0.2) is 24.5 Å². The summed E-state index contributed by atoms with van der Waals surface area (Å²) in [5.74, 6) is 0.774. The Labute approximate surface area is 122 Å². The minimum absolute atomic E-state index is 0.254. The number of fused-ring (bicyclic) bond motifs is 1. The Morgan fingerprint density at radius 3 is 2.81 bits per heavy atom. The summed E-state index contributed by atoms with van der Waals surface area (Å²) in [5.41, 5.74) is 1.42. The van der Waals surface area contributed by atoms with Crippen molar-refractivity contribution >= 4 is 22.7 Å². The van der Waals surface area contributed by atoms with Gasteiger partial charge < -0.3 is 10.4 Å². The molecule has 108 valence electrons. The third-order valence-corrected chi connectivity index (χ3v) is 4.83. The lowest BCUT2D eigenvalue weighted by atomic mass is 10.0. The van der Waals surface area contributed by atoms with E-state index in [0.29, 0.717) is 10.9 Å². The van der Waals surface area contributed by atoms with Gasteiger partial charge in [-0.05, 0) is 55.2 Å². The molecule has 2 aliphatic carbocycles. The lowest BCUT2D eigenvalue weighted by molar-refractivity contribution is 0.0697. The molecule has 1 aromatic carbocycles. The highest BCUT2D eigenvalue weighted by Gasteiger charge is 2.53. The van der Waals surface area contributed by atoms with E-state index in [2.05, 4.69) is 15.3 Å². The highest BCUT2D eigenvalue weighted by atomic mass is 16.4. The maximum absolute atomic E-state index is 11.0. The summed E-state index contributed by atoms with van der Waals surface area (Å²) in [6.45, 7) is 0.963. The van der Waals surface area contributed by atoms with Gasteiger partial charge in [-0.2, -0.15) is 0 Å². The van der Waals surface area contributed by atoms with Gasteiger partial charge in [-0.1, -0.05) is 0 Å². The van der Waals surface area contributed by atoms with Gasteiger partial charge in [0.2, 0.25) is 0 Å². The largest absolute Gasteiger partial charge is 0.478 e. The van der Waals surface area contributed by atoms with Gasteiger partial charge in [0.05, 0.1) is 11.1 Å². The molecule has 2 aliphatic rings. The molecular weight excluding hydrogens is 266 g/mol. The van der Waals surface area contributed by atoms with E-state index in [9.17, 15) is 4.79 Å². The van der Waals surface area contributed by atoms with Crippen LogP contribution in [0.5, 0.6) is 0 Å². The van der Waals surface area contributed by atoms with E-state index in [-0.39, 0.29) is 5.56 Å². The van der Waals surface area contributed by atoms with E-state index in [0.717, 1.165) is 23.7 Å². The zero-order valence-corrected chi connectivity index (χ0v) is 11.7. The number of carboxylic acid groups (broad SMARTS) is 1. The fraction of sp³-hybridized carbons (Fsp3) is 0.438. The van der Waals surface area contributed by atoms with Crippen molar-refractivity contribution in [3.8, 4) is 0 Å². The second kappa shape index (κ2) is 4.41. The number of aromatic carboxylic acids is 1. The fourth-order valence-corrected chi connectivity index (χ4v) is 3.18. The molecule has 0 bridgehead atoms. The van der Waals surface area contributed by atoms with Crippen LogP contribution in [0.2, 0.25) is 0 Å². The molecule has 2 fully saturated rings. The normalized spacial score (nSPS) is 19.4. The second-order valence-electron chi connectivity index (χ2n) is 6.25. The SMILES string of the molecule is O=C(O)c1ccc2c(NCC3(C4CC4)CC3)ncnc2c1. The highest BCUT2D eigenvalue weighted by molar-refractivity contribution is 5.96. The number of hydrogen-bond acceptors (Lipinski definition) is 4. The summed E-state index contributed by atoms with van der Waals surface area (Å²) in [6.07, 6.45) is 6.86. The van der Waals surface area contributed by atoms with Crippen LogP contribution < -0.4 is 5.32 Å². The van der Waals surface area contributed by atoms with E-state index in [1.165, 1.54) is 32.0 Å². The molecule has 0 amide bonds. The summed E-state index contributed by atoms with van der Waals surface area (Å²) in [5, 5.41) is 13.4. The van der Waals surface area contributed by atoms with Crippen LogP contribution in [-0.4, -0.2) is 27.6 Å². The summed E-state index contributed by atoms with van der Waals surface area (Å²) in [6, 6.07) is 4.99. The number of carboxylic acids is 1. The summed E-state index contributed by atoms with van der Waals surface area (Å²) in [4.78, 5) is 19.5. The topological polar surface area (TPSA) is 75.1 Å². The molecule has 2 aromatic rings. The van der Waals surface area contributed by atoms with Crippen molar-refractivity contribution in [2.45, 2.75) is 25.7 Å². The number of rotatable bonds is 5. The Morgan fingerprint density at radius 2 is 2.14 bits per heavy atom. The van der Waals surface area contributed by atoms with Crippen LogP contribution >= 0.6 is 0 Å². The number of aromatic nitrogens is 2. The molecule has 0 spiro atoms. The van der Waals surface area contributed by atoms with Crippen LogP contribution in [-0.2, 0) is 0 Å². The van der Waals surface area contributed by atoms with Crippen molar-refractivity contribution in [3.05, 3.63) is 30.1 Å². The number of nitrogens with one attached hydrogen (secondary N) is 1. The zero-order chi connectivity index (χ0) is 14.4. The third kappa shape index (κ3) is 2.22. The van der Waals surface area contributed by atoms with Crippen molar-refractivity contribution in [2.75, 3.05) is 11.9 Å². The van der Waals surface area contributed by atoms with Crippen LogP contribution in [0.3, 0.4) is 0 Å². The Balaban J connectivity index is 1.61. The van der Waals surface area contributed by atoms with E-state index >= 15 is 0 Å². The van der Waals surface area contributed by atoms with Crippen molar-refractivity contribution in [1.82, 2.24) is 9.97 Å². The molecule has 5 heteroatoms. The monoisotopic (exact) mass is 283 g/mol. The Morgan fingerprint density at radius 1 is 1.33 bits per heavy atom. The fourth-order valence-electron chi connectivity index (χ4n) is 3.18. The maximum Gasteiger partial charge on any atom is 0.335 e. The van der Waals surface area contributed by atoms with E-state index in [1.54, 1.807) is 18.2 Å². The number of hydrogen-bond donors (Lipinski definition) is 2. The van der Waals surface area contributed by atoms with Gasteiger partial charge in [-0.3, -0.25) is 0 Å². The zero-order valence-electron chi connectivity index (χ0n) is 11.7. The number of carbonyl (C=O) groups is 1. The van der Waals surface area contributed by atoms with Crippen LogP contribution in [0.4, 0.5) is 5.82 Å². The highest BCUT2D eigenvalue weighted by Crippen LogP contribution is 2.61. The average molecular weight is 283 g/mol. The first kappa shape index (κ1) is 12.6. The van der Waals surface area contributed by atoms with Crippen molar-refractivity contribution in [3.63, 3.8) is 0 Å². The predicted molar refractivity (Wildman–Crippen MR) is 79.4 cm³/mol. The minimum atomic E-state index is -0.935. The van der Waals surface area contributed by atoms with Gasteiger partial charge in [0.25, 0.3) is 0 Å². The quantitative estimate of drug-likeness (QED) is 0.882. The number of benzene rings is 1. The molecule has 2 N–H and O–H groups in total. The number of anilines is 1. The lowest BCUT2D eigenvalue weighted by Crippen LogP contribution is -2.18. The average Bonchev–Trinajstić information content (AvgIpc) is 3.37. The minimum Gasteiger partial charge on any atom is -0.478 e. The van der Waals surface area contributed by atoms with Crippen molar-refractivity contribution in [1.29, 1.82) is 0 Å². The standard InChI is InChI=1S/C16H17N3O2/c20-15(21)10-1-4-12-13(7-10)18-9-19-14(12)17-8-16(5-6-16)11-2-3-11/h1,4,7,9,11H,2-3,5-6,8H2,(H,20,21)(H,17,18,19). The summed E-state index contributed by atoms with van der Waals surface area (Å²) >= 11 is 0. The van der Waals surface area contributed by atoms with Gasteiger partial charge in [0.15, 0.2) is 0 Å². The molecule has 21 heavy (non-hydrogen) atoms. The molecule has 2 saturated carbocycles. The van der Waals surface area contributed by atoms with E-state index < -0.39 is 5.97 Å². The van der Waals surface area contributed by atoms with Crippen molar-refractivity contribution < 1.29 is 9.90 Å². The Hall–Kier alpha value is -2.17. The molecule has 1 aromatic heterocycles. The third-order valence-electron chi connectivity index (χ3n) is 4.83. The van der Waals surface area contributed by atoms with Gasteiger partial charge >= 0.3 is 5.97 Å². The van der Waals surface area contributed by atoms with Crippen LogP contribution in [0.1, 0.15) is 36.0 Å². The Kier molecular flexibility index (Phi) is 2.64. The molecule has 0 radical (unpaired) electrons. The van der Waals surface area contributed by atoms with Crippen LogP contribution in [0, 0.1) is 11.3 Å². The Bertz CT molecular complexity index is 721. The molecule has 0 atom stereocenters. The first-order valence-electron chi connectivity index (χ1n) is 7.40. The van der Waals surface area contributed by atoms with Gasteiger partial charge in [-0.25, -0.2) is 14.8 Å². The van der Waals surface area contributed by atoms with E-state index in [4.69, 9.17) is 5.11 Å². The molecule has 0 saturated heterocycles. The summed E-state index contributed by atoms with van der Waals surface area (Å²) < 4.78 is 0. The van der Waals surface area contributed by atoms with Crippen molar-refractivity contribution in [2.24, 2.45) is 11.3 Å². The smallest absolute Gasteiger partial charge is 0.335 e. The molecule has 5 nitrogen and oxygen atoms in total. The van der Waals surface area contributed by atoms with Gasteiger partial charge in [0.1, 0.15) is 12.1 Å². The molecule has 0 aliphatic heterocycles. The van der Waals surface area contributed by atoms with E-state index in [1.807, 2.05) is 0 Å². The molecular formula is C16H17N3O2. The molecule has 1 heterocycles. The second-order valence-corrected chi connectivity index (χ2v) is 6.25. The first-order chi connectivity index (χ1) is 10.2. The molecule has 4 rings (SSSR count). The number of nitrogens with zero attached hydrogens (tertiary/aromatic N) is 2. The predicted octanol–water partition coefficient (Wildman–Crippen LogP) is 2.93. The lowest BCUT2D eigenvalue weighted by Gasteiger charge is -2.16. The van der Waals surface area contributed by atoms with Gasteiger partial charge in [-0.15, -0.1) is 0 Å².